The van der Waals surface area contributed by atoms with E-state index < -0.39 is 10.0 Å². The van der Waals surface area contributed by atoms with Crippen molar-refractivity contribution in [1.29, 1.82) is 0 Å². The quantitative estimate of drug-likeness (QED) is 0.655. The molecule has 0 radical (unpaired) electrons. The van der Waals surface area contributed by atoms with E-state index >= 15 is 0 Å². The van der Waals surface area contributed by atoms with E-state index in [-0.39, 0.29) is 16.3 Å². The average Bonchev–Trinajstić information content (AvgIpc) is 3.01. The van der Waals surface area contributed by atoms with Crippen LogP contribution in [0.3, 0.4) is 0 Å². The largest absolute Gasteiger partial charge is 0.361 e. The minimum Gasteiger partial charge on any atom is -0.361 e. The summed E-state index contributed by atoms with van der Waals surface area (Å²) < 4.78 is 27.7. The second kappa shape index (κ2) is 6.49. The third-order valence-electron chi connectivity index (χ3n) is 3.72. The van der Waals surface area contributed by atoms with Gasteiger partial charge >= 0.3 is 0 Å². The van der Waals surface area contributed by atoms with Gasteiger partial charge in [0, 0.05) is 28.5 Å². The highest BCUT2D eigenvalue weighted by Crippen LogP contribution is 2.21. The highest BCUT2D eigenvalue weighted by molar-refractivity contribution is 7.92. The SMILES string of the molecule is CC(C)(C)NC(=O)c1ccc(NS(=O)(=O)c2ccc3cc[nH]c3c2)cc1. The van der Waals surface area contributed by atoms with Crippen molar-refractivity contribution in [3.63, 3.8) is 0 Å². The summed E-state index contributed by atoms with van der Waals surface area (Å²) in [7, 11) is -3.72. The van der Waals surface area contributed by atoms with E-state index in [4.69, 9.17) is 0 Å². The topological polar surface area (TPSA) is 91.1 Å². The van der Waals surface area contributed by atoms with Crippen LogP contribution < -0.4 is 10.0 Å². The molecule has 3 aromatic rings. The Bertz CT molecular complexity index is 1050. The Morgan fingerprint density at radius 1 is 1.00 bits per heavy atom. The zero-order chi connectivity index (χ0) is 18.9. The molecule has 3 rings (SSSR count). The van der Waals surface area contributed by atoms with Gasteiger partial charge in [0.05, 0.1) is 4.90 Å². The summed E-state index contributed by atoms with van der Waals surface area (Å²) in [4.78, 5) is 15.3. The van der Waals surface area contributed by atoms with Crippen LogP contribution in [0.1, 0.15) is 31.1 Å². The molecule has 1 heterocycles. The van der Waals surface area contributed by atoms with Crippen molar-refractivity contribution in [1.82, 2.24) is 10.3 Å². The third-order valence-corrected chi connectivity index (χ3v) is 5.10. The zero-order valence-corrected chi connectivity index (χ0v) is 15.6. The summed E-state index contributed by atoms with van der Waals surface area (Å²) in [6.45, 7) is 5.69. The fourth-order valence-corrected chi connectivity index (χ4v) is 3.60. The van der Waals surface area contributed by atoms with Crippen molar-refractivity contribution >= 4 is 32.5 Å². The molecule has 0 saturated heterocycles. The van der Waals surface area contributed by atoms with Crippen molar-refractivity contribution in [2.24, 2.45) is 0 Å². The number of aromatic amines is 1. The molecular weight excluding hydrogens is 350 g/mol. The maximum Gasteiger partial charge on any atom is 0.261 e. The second-order valence-electron chi connectivity index (χ2n) is 7.11. The molecule has 0 aliphatic heterocycles. The van der Waals surface area contributed by atoms with Crippen LogP contribution in [0, 0.1) is 0 Å². The minimum atomic E-state index is -3.72. The lowest BCUT2D eigenvalue weighted by Crippen LogP contribution is -2.40. The van der Waals surface area contributed by atoms with Gasteiger partial charge in [-0.25, -0.2) is 8.42 Å². The predicted molar refractivity (Wildman–Crippen MR) is 103 cm³/mol. The molecule has 0 unspecified atom stereocenters. The van der Waals surface area contributed by atoms with Crippen LogP contribution in [0.25, 0.3) is 10.9 Å². The molecule has 0 saturated carbocycles. The van der Waals surface area contributed by atoms with Crippen molar-refractivity contribution in [3.8, 4) is 0 Å². The van der Waals surface area contributed by atoms with Gasteiger partial charge in [0.25, 0.3) is 15.9 Å². The summed E-state index contributed by atoms with van der Waals surface area (Å²) in [6, 6.07) is 13.1. The molecule has 6 nitrogen and oxygen atoms in total. The normalized spacial score (nSPS) is 12.1. The van der Waals surface area contributed by atoms with Crippen LogP contribution in [0.15, 0.2) is 59.6 Å². The van der Waals surface area contributed by atoms with Gasteiger partial charge in [0.15, 0.2) is 0 Å². The van der Waals surface area contributed by atoms with Crippen molar-refractivity contribution in [2.45, 2.75) is 31.2 Å². The highest BCUT2D eigenvalue weighted by Gasteiger charge is 2.17. The van der Waals surface area contributed by atoms with Crippen LogP contribution in [-0.2, 0) is 10.0 Å². The van der Waals surface area contributed by atoms with E-state index in [0.717, 1.165) is 10.9 Å². The van der Waals surface area contributed by atoms with Crippen LogP contribution >= 0.6 is 0 Å². The number of hydrogen-bond donors (Lipinski definition) is 3. The van der Waals surface area contributed by atoms with Crippen molar-refractivity contribution < 1.29 is 13.2 Å². The first kappa shape index (κ1) is 18.0. The Kier molecular flexibility index (Phi) is 4.50. The number of hydrogen-bond acceptors (Lipinski definition) is 3. The van der Waals surface area contributed by atoms with Gasteiger partial charge in [-0.1, -0.05) is 6.07 Å². The number of carbonyl (C=O) groups excluding carboxylic acids is 1. The first-order chi connectivity index (χ1) is 12.1. The van der Waals surface area contributed by atoms with E-state index in [0.29, 0.717) is 11.3 Å². The van der Waals surface area contributed by atoms with E-state index in [1.54, 1.807) is 48.7 Å². The molecule has 0 fully saturated rings. The summed E-state index contributed by atoms with van der Waals surface area (Å²) in [5.41, 5.74) is 1.27. The summed E-state index contributed by atoms with van der Waals surface area (Å²) in [6.07, 6.45) is 1.76. The van der Waals surface area contributed by atoms with Gasteiger partial charge < -0.3 is 10.3 Å². The Balaban J connectivity index is 1.78. The molecule has 0 aliphatic carbocycles. The van der Waals surface area contributed by atoms with E-state index in [1.165, 1.54) is 0 Å². The molecule has 0 atom stereocenters. The Morgan fingerprint density at radius 3 is 2.35 bits per heavy atom. The Labute approximate surface area is 152 Å². The summed E-state index contributed by atoms with van der Waals surface area (Å²) >= 11 is 0. The molecule has 1 amide bonds. The van der Waals surface area contributed by atoms with E-state index in [2.05, 4.69) is 15.0 Å². The zero-order valence-electron chi connectivity index (χ0n) is 14.8. The van der Waals surface area contributed by atoms with Gasteiger partial charge in [-0.3, -0.25) is 9.52 Å². The number of amides is 1. The minimum absolute atomic E-state index is 0.169. The van der Waals surface area contributed by atoms with Crippen LogP contribution in [0.2, 0.25) is 0 Å². The number of aromatic nitrogens is 1. The molecule has 0 bridgehead atoms. The first-order valence-electron chi connectivity index (χ1n) is 8.17. The molecule has 26 heavy (non-hydrogen) atoms. The fourth-order valence-electron chi connectivity index (χ4n) is 2.51. The average molecular weight is 371 g/mol. The van der Waals surface area contributed by atoms with E-state index in [1.807, 2.05) is 26.8 Å². The molecular formula is C19H21N3O3S. The van der Waals surface area contributed by atoms with Crippen molar-refractivity contribution in [3.05, 3.63) is 60.3 Å². The molecule has 2 aromatic carbocycles. The molecule has 1 aromatic heterocycles. The number of anilines is 1. The lowest BCUT2D eigenvalue weighted by atomic mass is 10.1. The van der Waals surface area contributed by atoms with Gasteiger partial charge in [-0.2, -0.15) is 0 Å². The lowest BCUT2D eigenvalue weighted by molar-refractivity contribution is 0.0919. The molecule has 3 N–H and O–H groups in total. The predicted octanol–water partition coefficient (Wildman–Crippen LogP) is 3.50. The van der Waals surface area contributed by atoms with Gasteiger partial charge in [-0.15, -0.1) is 0 Å². The molecule has 0 aliphatic rings. The van der Waals surface area contributed by atoms with E-state index in [9.17, 15) is 13.2 Å². The second-order valence-corrected chi connectivity index (χ2v) is 8.80. The smallest absolute Gasteiger partial charge is 0.261 e. The monoisotopic (exact) mass is 371 g/mol. The number of fused-ring (bicyclic) bond motifs is 1. The number of benzene rings is 2. The number of nitrogens with one attached hydrogen (secondary N) is 3. The third kappa shape index (κ3) is 4.05. The van der Waals surface area contributed by atoms with Gasteiger partial charge in [-0.05, 0) is 68.6 Å². The Hall–Kier alpha value is -2.80. The molecule has 7 heteroatoms. The number of sulfonamides is 1. The van der Waals surface area contributed by atoms with Crippen LogP contribution in [-0.4, -0.2) is 24.8 Å². The maximum atomic E-state index is 12.6. The van der Waals surface area contributed by atoms with Crippen molar-refractivity contribution in [2.75, 3.05) is 4.72 Å². The number of H-pyrrole nitrogens is 1. The first-order valence-corrected chi connectivity index (χ1v) is 9.65. The highest BCUT2D eigenvalue weighted by atomic mass is 32.2. The summed E-state index contributed by atoms with van der Waals surface area (Å²) in [5, 5.41) is 3.81. The van der Waals surface area contributed by atoms with Gasteiger partial charge in [0.2, 0.25) is 0 Å². The summed E-state index contributed by atoms with van der Waals surface area (Å²) in [5.74, 6) is -0.205. The van der Waals surface area contributed by atoms with Crippen LogP contribution in [0.4, 0.5) is 5.69 Å². The maximum absolute atomic E-state index is 12.6. The van der Waals surface area contributed by atoms with Crippen LogP contribution in [0.5, 0.6) is 0 Å². The van der Waals surface area contributed by atoms with Gasteiger partial charge in [0.1, 0.15) is 0 Å². The Morgan fingerprint density at radius 2 is 1.69 bits per heavy atom. The number of rotatable bonds is 4. The lowest BCUT2D eigenvalue weighted by Gasteiger charge is -2.20. The standard InChI is InChI=1S/C19H21N3O3S/c1-19(2,3)21-18(23)14-4-7-15(8-5-14)22-26(24,25)16-9-6-13-10-11-20-17(13)12-16/h4-12,20,22H,1-3H3,(H,21,23). The molecule has 136 valence electrons. The fraction of sp³-hybridized carbons (Fsp3) is 0.211. The molecule has 0 spiro atoms. The number of carbonyl (C=O) groups is 1.